The molecule has 172 valence electrons. The van der Waals surface area contributed by atoms with E-state index in [0.29, 0.717) is 22.8 Å². The van der Waals surface area contributed by atoms with E-state index in [1.165, 1.54) is 18.2 Å². The fraction of sp³-hybridized carbons (Fsp3) is 0.120. The summed E-state index contributed by atoms with van der Waals surface area (Å²) in [6, 6.07) is 19.9. The molecule has 2 aliphatic heterocycles. The first-order valence-corrected chi connectivity index (χ1v) is 10.3. The van der Waals surface area contributed by atoms with Crippen molar-refractivity contribution in [3.05, 3.63) is 89.5 Å². The number of ether oxygens (including phenoxy) is 3. The van der Waals surface area contributed by atoms with Gasteiger partial charge in [0.05, 0.1) is 11.3 Å². The van der Waals surface area contributed by atoms with Crippen molar-refractivity contribution >= 4 is 23.4 Å². The van der Waals surface area contributed by atoms with Crippen molar-refractivity contribution < 1.29 is 32.2 Å². The van der Waals surface area contributed by atoms with E-state index in [0.717, 1.165) is 10.6 Å². The molecule has 2 heterocycles. The van der Waals surface area contributed by atoms with Crippen molar-refractivity contribution in [2.24, 2.45) is 5.10 Å². The average molecular weight is 466 g/mol. The second-order valence-corrected chi connectivity index (χ2v) is 7.50. The highest BCUT2D eigenvalue weighted by atomic mass is 19.4. The molecule has 0 saturated heterocycles. The Bertz CT molecular complexity index is 1290. The van der Waals surface area contributed by atoms with Gasteiger partial charge in [0, 0.05) is 0 Å². The van der Waals surface area contributed by atoms with E-state index in [9.17, 15) is 18.0 Å². The first-order valence-electron chi connectivity index (χ1n) is 10.3. The summed E-state index contributed by atoms with van der Waals surface area (Å²) in [4.78, 5) is 12.8. The number of carbonyl (C=O) groups is 1. The average Bonchev–Trinajstić information content (AvgIpc) is 3.43. The summed E-state index contributed by atoms with van der Waals surface area (Å²) in [6.07, 6.45) is -3.60. The molecule has 3 aromatic rings. The molecule has 0 aromatic heterocycles. The van der Waals surface area contributed by atoms with Crippen LogP contribution in [0.5, 0.6) is 17.2 Å². The monoisotopic (exact) mass is 466 g/mol. The van der Waals surface area contributed by atoms with Gasteiger partial charge in [-0.05, 0) is 53.6 Å². The van der Waals surface area contributed by atoms with Gasteiger partial charge in [-0.25, -0.2) is 0 Å². The quantitative estimate of drug-likeness (QED) is 0.476. The smallest absolute Gasteiger partial charge is 0.435 e. The van der Waals surface area contributed by atoms with Gasteiger partial charge in [0.1, 0.15) is 12.4 Å². The number of hydrogen-bond acceptors (Lipinski definition) is 5. The van der Waals surface area contributed by atoms with Crippen LogP contribution in [0.3, 0.4) is 0 Å². The Morgan fingerprint density at radius 2 is 1.71 bits per heavy atom. The van der Waals surface area contributed by atoms with Gasteiger partial charge in [-0.15, -0.1) is 0 Å². The molecule has 34 heavy (non-hydrogen) atoms. The summed E-state index contributed by atoms with van der Waals surface area (Å²) >= 11 is 0. The molecule has 0 aliphatic carbocycles. The zero-order valence-electron chi connectivity index (χ0n) is 17.6. The van der Waals surface area contributed by atoms with E-state index in [-0.39, 0.29) is 19.1 Å². The largest absolute Gasteiger partial charge is 0.489 e. The second-order valence-electron chi connectivity index (χ2n) is 7.50. The highest BCUT2D eigenvalue weighted by molar-refractivity contribution is 6.34. The van der Waals surface area contributed by atoms with Crippen LogP contribution in [-0.2, 0) is 11.4 Å². The molecular formula is C25H17F3N2O4. The zero-order valence-corrected chi connectivity index (χ0v) is 17.6. The summed E-state index contributed by atoms with van der Waals surface area (Å²) in [7, 11) is 0. The lowest BCUT2D eigenvalue weighted by Gasteiger charge is -2.11. The highest BCUT2D eigenvalue weighted by Gasteiger charge is 2.46. The van der Waals surface area contributed by atoms with Gasteiger partial charge >= 0.3 is 6.18 Å². The van der Waals surface area contributed by atoms with Crippen molar-refractivity contribution in [3.8, 4) is 17.2 Å². The Morgan fingerprint density at radius 3 is 2.44 bits per heavy atom. The van der Waals surface area contributed by atoms with Crippen molar-refractivity contribution in [2.45, 2.75) is 12.8 Å². The number of para-hydroxylation sites is 1. The maximum atomic E-state index is 13.6. The molecule has 5 rings (SSSR count). The minimum atomic E-state index is -4.78. The van der Waals surface area contributed by atoms with Crippen LogP contribution in [-0.4, -0.2) is 24.6 Å². The first-order chi connectivity index (χ1) is 16.4. The number of anilines is 1. The van der Waals surface area contributed by atoms with Gasteiger partial charge in [-0.1, -0.05) is 36.4 Å². The number of fused-ring (bicyclic) bond motifs is 1. The zero-order chi connectivity index (χ0) is 23.7. The molecule has 0 unspecified atom stereocenters. The van der Waals surface area contributed by atoms with Gasteiger partial charge in [0.25, 0.3) is 5.91 Å². The van der Waals surface area contributed by atoms with Crippen LogP contribution in [0.1, 0.15) is 11.1 Å². The molecule has 9 heteroatoms. The number of amides is 1. The van der Waals surface area contributed by atoms with Gasteiger partial charge in [-0.2, -0.15) is 23.3 Å². The standard InChI is InChI=1S/C25H17F3N2O4/c26-25(27,28)23-20(24(31)30(29-23)18-4-2-1-3-5-18)12-16-6-9-19(10-7-16)32-14-17-8-11-21-22(13-17)34-15-33-21/h1-13H,14-15H2/b20-12-. The lowest BCUT2D eigenvalue weighted by molar-refractivity contribution is -0.114. The molecule has 1 amide bonds. The number of benzene rings is 3. The minimum Gasteiger partial charge on any atom is -0.489 e. The summed E-state index contributed by atoms with van der Waals surface area (Å²) in [5.74, 6) is 1.00. The molecule has 0 spiro atoms. The number of hydrazone groups is 1. The molecule has 2 aliphatic rings. The van der Waals surface area contributed by atoms with Gasteiger partial charge in [0.2, 0.25) is 6.79 Å². The third-order valence-electron chi connectivity index (χ3n) is 5.18. The molecule has 6 nitrogen and oxygen atoms in total. The van der Waals surface area contributed by atoms with Gasteiger partial charge in [0.15, 0.2) is 17.2 Å². The Labute approximate surface area is 192 Å². The second kappa shape index (κ2) is 8.58. The Morgan fingerprint density at radius 1 is 0.971 bits per heavy atom. The summed E-state index contributed by atoms with van der Waals surface area (Å²) < 4.78 is 57.2. The molecule has 0 fully saturated rings. The Hall–Kier alpha value is -4.27. The number of alkyl halides is 3. The molecule has 0 saturated carbocycles. The van der Waals surface area contributed by atoms with E-state index in [4.69, 9.17) is 14.2 Å². The lowest BCUT2D eigenvalue weighted by atomic mass is 10.1. The van der Waals surface area contributed by atoms with Gasteiger partial charge in [-0.3, -0.25) is 4.79 Å². The number of rotatable bonds is 5. The fourth-order valence-electron chi connectivity index (χ4n) is 3.52. The SMILES string of the molecule is O=C1/C(=C\c2ccc(OCc3ccc4c(c3)OCO4)cc2)C(C(F)(F)F)=NN1c1ccccc1. The highest BCUT2D eigenvalue weighted by Crippen LogP contribution is 2.34. The maximum absolute atomic E-state index is 13.6. The van der Waals surface area contributed by atoms with Crippen molar-refractivity contribution in [2.75, 3.05) is 11.8 Å². The lowest BCUT2D eigenvalue weighted by Crippen LogP contribution is -2.25. The number of nitrogens with zero attached hydrogens (tertiary/aromatic N) is 2. The summed E-state index contributed by atoms with van der Waals surface area (Å²) in [5, 5.41) is 4.32. The Kier molecular flexibility index (Phi) is 5.45. The van der Waals surface area contributed by atoms with Crippen LogP contribution < -0.4 is 19.2 Å². The van der Waals surface area contributed by atoms with Crippen molar-refractivity contribution in [1.82, 2.24) is 0 Å². The molecular weight excluding hydrogens is 449 g/mol. The third-order valence-corrected chi connectivity index (χ3v) is 5.18. The molecule has 0 bridgehead atoms. The van der Waals surface area contributed by atoms with Gasteiger partial charge < -0.3 is 14.2 Å². The Balaban J connectivity index is 1.33. The van der Waals surface area contributed by atoms with Crippen LogP contribution >= 0.6 is 0 Å². The van der Waals surface area contributed by atoms with E-state index in [2.05, 4.69) is 5.10 Å². The summed E-state index contributed by atoms with van der Waals surface area (Å²) in [6.45, 7) is 0.454. The fourth-order valence-corrected chi connectivity index (χ4v) is 3.52. The van der Waals surface area contributed by atoms with Crippen LogP contribution in [0.2, 0.25) is 0 Å². The predicted octanol–water partition coefficient (Wildman–Crippen LogP) is 5.34. The first kappa shape index (κ1) is 21.6. The van der Waals surface area contributed by atoms with E-state index in [1.54, 1.807) is 48.5 Å². The van der Waals surface area contributed by atoms with E-state index in [1.807, 2.05) is 12.1 Å². The number of carbonyl (C=O) groups excluding carboxylic acids is 1. The predicted molar refractivity (Wildman–Crippen MR) is 119 cm³/mol. The molecule has 0 atom stereocenters. The maximum Gasteiger partial charge on any atom is 0.435 e. The van der Waals surface area contributed by atoms with Crippen LogP contribution in [0.15, 0.2) is 83.5 Å². The van der Waals surface area contributed by atoms with E-state index >= 15 is 0 Å². The van der Waals surface area contributed by atoms with Crippen LogP contribution in [0.4, 0.5) is 18.9 Å². The molecule has 3 aromatic carbocycles. The molecule has 0 N–H and O–H groups in total. The number of halogens is 3. The van der Waals surface area contributed by atoms with Crippen molar-refractivity contribution in [3.63, 3.8) is 0 Å². The topological polar surface area (TPSA) is 60.4 Å². The molecule has 0 radical (unpaired) electrons. The van der Waals surface area contributed by atoms with Crippen molar-refractivity contribution in [1.29, 1.82) is 0 Å². The van der Waals surface area contributed by atoms with Crippen LogP contribution in [0, 0.1) is 0 Å². The van der Waals surface area contributed by atoms with Crippen LogP contribution in [0.25, 0.3) is 6.08 Å². The normalized spacial score (nSPS) is 16.2. The number of hydrogen-bond donors (Lipinski definition) is 0. The summed E-state index contributed by atoms with van der Waals surface area (Å²) in [5.41, 5.74) is -0.218. The van der Waals surface area contributed by atoms with E-state index < -0.39 is 23.4 Å². The third kappa shape index (κ3) is 4.32. The minimum absolute atomic E-state index is 0.184.